The molecule has 6 heteroatoms. The largest absolute Gasteiger partial charge is 0.481 e. The Labute approximate surface area is 108 Å². The van der Waals surface area contributed by atoms with Gasteiger partial charge in [-0.1, -0.05) is 18.2 Å². The van der Waals surface area contributed by atoms with Crippen molar-refractivity contribution in [1.29, 1.82) is 0 Å². The molecule has 0 aromatic carbocycles. The van der Waals surface area contributed by atoms with E-state index in [1.54, 1.807) is 6.07 Å². The second-order valence-electron chi connectivity index (χ2n) is 3.46. The quantitative estimate of drug-likeness (QED) is 0.778. The van der Waals surface area contributed by atoms with E-state index in [4.69, 9.17) is 16.7 Å². The molecule has 1 rings (SSSR count). The van der Waals surface area contributed by atoms with Crippen molar-refractivity contribution in [3.05, 3.63) is 34.0 Å². The number of aliphatic carboxylic acids is 1. The van der Waals surface area contributed by atoms with E-state index in [2.05, 4.69) is 11.9 Å². The summed E-state index contributed by atoms with van der Waals surface area (Å²) >= 11 is 6.96. The molecule has 0 aliphatic carbocycles. The maximum atomic E-state index is 11.6. The number of amides is 1. The van der Waals surface area contributed by atoms with Crippen molar-refractivity contribution in [2.75, 3.05) is 6.54 Å². The SMILES string of the molecule is C=C(Cl)CNC(=O)C(Cc1ccsc1)C(=O)O. The van der Waals surface area contributed by atoms with E-state index in [9.17, 15) is 9.59 Å². The predicted octanol–water partition coefficient (Wildman–Crippen LogP) is 1.86. The molecule has 1 unspecified atom stereocenters. The number of carboxylic acid groups (broad SMARTS) is 1. The van der Waals surface area contributed by atoms with Crippen molar-refractivity contribution in [1.82, 2.24) is 5.32 Å². The number of hydrogen-bond donors (Lipinski definition) is 2. The van der Waals surface area contributed by atoms with E-state index in [1.165, 1.54) is 11.3 Å². The zero-order valence-corrected chi connectivity index (χ0v) is 10.6. The van der Waals surface area contributed by atoms with Gasteiger partial charge in [-0.25, -0.2) is 0 Å². The molecule has 0 aliphatic heterocycles. The molecule has 0 spiro atoms. The number of carbonyl (C=O) groups excluding carboxylic acids is 1. The lowest BCUT2D eigenvalue weighted by Gasteiger charge is -2.11. The lowest BCUT2D eigenvalue weighted by Crippen LogP contribution is -2.37. The molecule has 0 saturated carbocycles. The van der Waals surface area contributed by atoms with Gasteiger partial charge in [-0.3, -0.25) is 9.59 Å². The second-order valence-corrected chi connectivity index (χ2v) is 4.78. The van der Waals surface area contributed by atoms with Crippen molar-refractivity contribution in [3.8, 4) is 0 Å². The third-order valence-electron chi connectivity index (χ3n) is 2.09. The number of carboxylic acids is 1. The van der Waals surface area contributed by atoms with Crippen LogP contribution in [-0.4, -0.2) is 23.5 Å². The van der Waals surface area contributed by atoms with Crippen molar-refractivity contribution < 1.29 is 14.7 Å². The van der Waals surface area contributed by atoms with E-state index < -0.39 is 17.8 Å². The summed E-state index contributed by atoms with van der Waals surface area (Å²) in [6.45, 7) is 3.49. The van der Waals surface area contributed by atoms with Crippen LogP contribution in [-0.2, 0) is 16.0 Å². The Morgan fingerprint density at radius 3 is 2.76 bits per heavy atom. The van der Waals surface area contributed by atoms with Gasteiger partial charge in [0.25, 0.3) is 0 Å². The number of halogens is 1. The van der Waals surface area contributed by atoms with Gasteiger partial charge in [-0.15, -0.1) is 0 Å². The van der Waals surface area contributed by atoms with E-state index in [0.29, 0.717) is 0 Å². The monoisotopic (exact) mass is 273 g/mol. The Balaban J connectivity index is 2.62. The fraction of sp³-hybridized carbons (Fsp3) is 0.273. The smallest absolute Gasteiger partial charge is 0.316 e. The van der Waals surface area contributed by atoms with Crippen LogP contribution in [0.1, 0.15) is 5.56 Å². The van der Waals surface area contributed by atoms with Gasteiger partial charge >= 0.3 is 5.97 Å². The molecule has 1 aromatic rings. The van der Waals surface area contributed by atoms with Crippen molar-refractivity contribution in [2.24, 2.45) is 5.92 Å². The number of hydrogen-bond acceptors (Lipinski definition) is 3. The van der Waals surface area contributed by atoms with Gasteiger partial charge < -0.3 is 10.4 Å². The molecule has 0 fully saturated rings. The summed E-state index contributed by atoms with van der Waals surface area (Å²) in [7, 11) is 0. The Morgan fingerprint density at radius 2 is 2.29 bits per heavy atom. The minimum absolute atomic E-state index is 0.0772. The predicted molar refractivity (Wildman–Crippen MR) is 67.2 cm³/mol. The third-order valence-corrected chi connectivity index (χ3v) is 2.95. The summed E-state index contributed by atoms with van der Waals surface area (Å²) in [5.41, 5.74) is 0.835. The highest BCUT2D eigenvalue weighted by Gasteiger charge is 2.26. The first-order valence-electron chi connectivity index (χ1n) is 4.85. The molecule has 92 valence electrons. The molecule has 4 nitrogen and oxygen atoms in total. The van der Waals surface area contributed by atoms with Crippen molar-refractivity contribution in [3.63, 3.8) is 0 Å². The van der Waals surface area contributed by atoms with Crippen LogP contribution in [0.4, 0.5) is 0 Å². The summed E-state index contributed by atoms with van der Waals surface area (Å²) in [6, 6.07) is 1.80. The van der Waals surface area contributed by atoms with Crippen LogP contribution in [0.25, 0.3) is 0 Å². The fourth-order valence-corrected chi connectivity index (χ4v) is 1.99. The van der Waals surface area contributed by atoms with E-state index in [1.807, 2.05) is 10.8 Å². The zero-order valence-electron chi connectivity index (χ0n) is 8.98. The molecule has 1 amide bonds. The first kappa shape index (κ1) is 13.7. The lowest BCUT2D eigenvalue weighted by molar-refractivity contribution is -0.146. The number of carbonyl (C=O) groups is 2. The number of thiophene rings is 1. The number of nitrogens with one attached hydrogen (secondary N) is 1. The van der Waals surface area contributed by atoms with Crippen LogP contribution in [0, 0.1) is 5.92 Å². The lowest BCUT2D eigenvalue weighted by atomic mass is 10.0. The van der Waals surface area contributed by atoms with Gasteiger partial charge in [-0.05, 0) is 28.8 Å². The van der Waals surface area contributed by atoms with E-state index in [0.717, 1.165) is 5.56 Å². The third kappa shape index (κ3) is 4.58. The Morgan fingerprint density at radius 1 is 1.59 bits per heavy atom. The fourth-order valence-electron chi connectivity index (χ4n) is 1.24. The normalized spacial score (nSPS) is 11.8. The number of rotatable bonds is 6. The van der Waals surface area contributed by atoms with Crippen LogP contribution >= 0.6 is 22.9 Å². The molecule has 2 N–H and O–H groups in total. The Hall–Kier alpha value is -1.33. The molecule has 0 radical (unpaired) electrons. The molecule has 1 heterocycles. The first-order chi connectivity index (χ1) is 8.00. The minimum atomic E-state index is -1.14. The molecule has 0 bridgehead atoms. The maximum absolute atomic E-state index is 11.6. The highest BCUT2D eigenvalue weighted by atomic mass is 35.5. The highest BCUT2D eigenvalue weighted by molar-refractivity contribution is 7.07. The average molecular weight is 274 g/mol. The average Bonchev–Trinajstić information content (AvgIpc) is 2.74. The van der Waals surface area contributed by atoms with E-state index in [-0.39, 0.29) is 18.0 Å². The summed E-state index contributed by atoms with van der Waals surface area (Å²) in [6.07, 6.45) is 0.180. The van der Waals surface area contributed by atoms with Crippen LogP contribution in [0.3, 0.4) is 0 Å². The molecule has 17 heavy (non-hydrogen) atoms. The standard InChI is InChI=1S/C11H12ClNO3S/c1-7(12)5-13-10(14)9(11(15)16)4-8-2-3-17-6-8/h2-3,6,9H,1,4-5H2,(H,13,14)(H,15,16). The summed E-state index contributed by atoms with van der Waals surface area (Å²) in [5.74, 6) is -2.79. The highest BCUT2D eigenvalue weighted by Crippen LogP contribution is 2.13. The Bertz CT molecular complexity index is 416. The molecular formula is C11H12ClNO3S. The molecular weight excluding hydrogens is 262 g/mol. The van der Waals surface area contributed by atoms with Crippen LogP contribution < -0.4 is 5.32 Å². The van der Waals surface area contributed by atoms with Crippen LogP contribution in [0.5, 0.6) is 0 Å². The van der Waals surface area contributed by atoms with Crippen LogP contribution in [0.2, 0.25) is 0 Å². The Kier molecular flexibility index (Phi) is 5.18. The van der Waals surface area contributed by atoms with Crippen molar-refractivity contribution in [2.45, 2.75) is 6.42 Å². The van der Waals surface area contributed by atoms with Crippen LogP contribution in [0.15, 0.2) is 28.4 Å². The summed E-state index contributed by atoms with van der Waals surface area (Å²) < 4.78 is 0. The zero-order chi connectivity index (χ0) is 12.8. The van der Waals surface area contributed by atoms with Gasteiger partial charge in [0.05, 0.1) is 6.54 Å². The van der Waals surface area contributed by atoms with Gasteiger partial charge in [-0.2, -0.15) is 11.3 Å². The van der Waals surface area contributed by atoms with E-state index >= 15 is 0 Å². The molecule has 0 saturated heterocycles. The summed E-state index contributed by atoms with van der Waals surface area (Å²) in [5, 5.41) is 15.3. The first-order valence-corrected chi connectivity index (χ1v) is 6.17. The molecule has 0 aliphatic rings. The second kappa shape index (κ2) is 6.42. The van der Waals surface area contributed by atoms with Gasteiger partial charge in [0, 0.05) is 5.03 Å². The van der Waals surface area contributed by atoms with Gasteiger partial charge in [0.15, 0.2) is 0 Å². The summed E-state index contributed by atoms with van der Waals surface area (Å²) in [4.78, 5) is 22.6. The minimum Gasteiger partial charge on any atom is -0.481 e. The topological polar surface area (TPSA) is 66.4 Å². The maximum Gasteiger partial charge on any atom is 0.316 e. The van der Waals surface area contributed by atoms with Gasteiger partial charge in [0.1, 0.15) is 5.92 Å². The molecule has 1 aromatic heterocycles. The van der Waals surface area contributed by atoms with Crippen molar-refractivity contribution >= 4 is 34.8 Å². The van der Waals surface area contributed by atoms with Gasteiger partial charge in [0.2, 0.25) is 5.91 Å². The molecule has 1 atom stereocenters.